The van der Waals surface area contributed by atoms with Crippen molar-refractivity contribution < 1.29 is 14.3 Å². The van der Waals surface area contributed by atoms with Gasteiger partial charge in [-0.25, -0.2) is 14.3 Å². The molecule has 0 bridgehead atoms. The number of furan rings is 1. The lowest BCUT2D eigenvalue weighted by molar-refractivity contribution is 0.0690. The quantitative estimate of drug-likeness (QED) is 0.761. The van der Waals surface area contributed by atoms with Crippen molar-refractivity contribution in [2.45, 2.75) is 13.8 Å². The van der Waals surface area contributed by atoms with Gasteiger partial charge in [0, 0.05) is 11.8 Å². The summed E-state index contributed by atoms with van der Waals surface area (Å²) in [6.07, 6.45) is 0. The van der Waals surface area contributed by atoms with Crippen LogP contribution in [0.2, 0.25) is 0 Å². The molecule has 19 heavy (non-hydrogen) atoms. The maximum absolute atomic E-state index is 11.0. The van der Waals surface area contributed by atoms with Crippen LogP contribution in [0.4, 0.5) is 0 Å². The standard InChI is InChI=1S/C13H11N3O3/c1-7-5-10(11-4-3-8(2)19-11)16-12(14-7)6-9(15-16)13(17)18/h3-6H,1-2H3,(H,17,18). The van der Waals surface area contributed by atoms with E-state index < -0.39 is 5.97 Å². The average molecular weight is 257 g/mol. The number of aryl methyl sites for hydroxylation is 2. The molecule has 0 aromatic carbocycles. The number of carboxylic acid groups (broad SMARTS) is 1. The van der Waals surface area contributed by atoms with E-state index in [4.69, 9.17) is 9.52 Å². The summed E-state index contributed by atoms with van der Waals surface area (Å²) in [5.74, 6) is 0.334. The van der Waals surface area contributed by atoms with Crippen molar-refractivity contribution in [2.24, 2.45) is 0 Å². The molecule has 6 heteroatoms. The highest BCUT2D eigenvalue weighted by Gasteiger charge is 2.15. The van der Waals surface area contributed by atoms with Gasteiger partial charge in [0.05, 0.1) is 0 Å². The predicted octanol–water partition coefficient (Wildman–Crippen LogP) is 2.30. The maximum Gasteiger partial charge on any atom is 0.356 e. The normalized spacial score (nSPS) is 11.1. The van der Waals surface area contributed by atoms with Crippen molar-refractivity contribution in [1.82, 2.24) is 14.6 Å². The van der Waals surface area contributed by atoms with Crippen molar-refractivity contribution in [3.63, 3.8) is 0 Å². The Morgan fingerprint density at radius 2 is 2.11 bits per heavy atom. The summed E-state index contributed by atoms with van der Waals surface area (Å²) in [6.45, 7) is 3.69. The van der Waals surface area contributed by atoms with Crippen molar-refractivity contribution in [1.29, 1.82) is 0 Å². The maximum atomic E-state index is 11.0. The van der Waals surface area contributed by atoms with E-state index in [0.717, 1.165) is 11.5 Å². The lowest BCUT2D eigenvalue weighted by atomic mass is 10.3. The van der Waals surface area contributed by atoms with Gasteiger partial charge in [0.15, 0.2) is 17.1 Å². The summed E-state index contributed by atoms with van der Waals surface area (Å²) in [5.41, 5.74) is 1.90. The highest BCUT2D eigenvalue weighted by Crippen LogP contribution is 2.23. The number of fused-ring (bicyclic) bond motifs is 1. The number of rotatable bonds is 2. The largest absolute Gasteiger partial charge is 0.476 e. The van der Waals surface area contributed by atoms with Crippen LogP contribution >= 0.6 is 0 Å². The molecule has 3 heterocycles. The first-order valence-electron chi connectivity index (χ1n) is 5.72. The number of hydrogen-bond acceptors (Lipinski definition) is 4. The van der Waals surface area contributed by atoms with Crippen LogP contribution in [0.5, 0.6) is 0 Å². The van der Waals surface area contributed by atoms with E-state index in [2.05, 4.69) is 10.1 Å². The Balaban J connectivity index is 2.31. The summed E-state index contributed by atoms with van der Waals surface area (Å²) in [7, 11) is 0. The average Bonchev–Trinajstić information content (AvgIpc) is 2.93. The number of aromatic carboxylic acids is 1. The fourth-order valence-electron chi connectivity index (χ4n) is 1.95. The number of carboxylic acids is 1. The van der Waals surface area contributed by atoms with E-state index in [1.807, 2.05) is 32.0 Å². The van der Waals surface area contributed by atoms with Gasteiger partial charge in [-0.15, -0.1) is 0 Å². The zero-order chi connectivity index (χ0) is 13.6. The van der Waals surface area contributed by atoms with Crippen LogP contribution in [0.1, 0.15) is 21.9 Å². The minimum atomic E-state index is -1.08. The molecular formula is C13H11N3O3. The number of aromatic nitrogens is 3. The first-order chi connectivity index (χ1) is 9.04. The molecule has 0 saturated heterocycles. The Kier molecular flexibility index (Phi) is 2.38. The summed E-state index contributed by atoms with van der Waals surface area (Å²) < 4.78 is 7.05. The van der Waals surface area contributed by atoms with Crippen molar-refractivity contribution >= 4 is 11.6 Å². The SMILES string of the molecule is Cc1cc(-c2ccc(C)o2)n2nc(C(=O)O)cc2n1. The lowest BCUT2D eigenvalue weighted by Gasteiger charge is -2.02. The molecule has 6 nitrogen and oxygen atoms in total. The Morgan fingerprint density at radius 1 is 1.32 bits per heavy atom. The van der Waals surface area contributed by atoms with E-state index in [1.165, 1.54) is 10.6 Å². The highest BCUT2D eigenvalue weighted by molar-refractivity contribution is 5.86. The fraction of sp³-hybridized carbons (Fsp3) is 0.154. The van der Waals surface area contributed by atoms with E-state index in [0.29, 0.717) is 17.1 Å². The minimum absolute atomic E-state index is 0.0392. The van der Waals surface area contributed by atoms with Crippen molar-refractivity contribution in [3.8, 4) is 11.5 Å². The molecule has 0 aliphatic heterocycles. The molecule has 0 radical (unpaired) electrons. The molecule has 96 valence electrons. The molecule has 0 saturated carbocycles. The van der Waals surface area contributed by atoms with E-state index >= 15 is 0 Å². The summed E-state index contributed by atoms with van der Waals surface area (Å²) >= 11 is 0. The number of carbonyl (C=O) groups is 1. The second-order valence-electron chi connectivity index (χ2n) is 4.30. The molecule has 0 spiro atoms. The van der Waals surface area contributed by atoms with Gasteiger partial charge in [0.25, 0.3) is 0 Å². The summed E-state index contributed by atoms with van der Waals surface area (Å²) in [5, 5.41) is 13.0. The van der Waals surface area contributed by atoms with Crippen LogP contribution < -0.4 is 0 Å². The smallest absolute Gasteiger partial charge is 0.356 e. The molecule has 0 amide bonds. The Morgan fingerprint density at radius 3 is 2.74 bits per heavy atom. The Labute approximate surface area is 108 Å². The first kappa shape index (κ1) is 11.5. The topological polar surface area (TPSA) is 80.6 Å². The van der Waals surface area contributed by atoms with Crippen molar-refractivity contribution in [3.05, 3.63) is 41.4 Å². The molecule has 0 unspecified atom stereocenters. The van der Waals surface area contributed by atoms with Gasteiger partial charge in [-0.2, -0.15) is 5.10 Å². The monoisotopic (exact) mass is 257 g/mol. The van der Waals surface area contributed by atoms with Crippen LogP contribution in [-0.4, -0.2) is 25.7 Å². The molecule has 0 fully saturated rings. The van der Waals surface area contributed by atoms with Crippen LogP contribution in [0.25, 0.3) is 17.1 Å². The van der Waals surface area contributed by atoms with Crippen LogP contribution in [0.15, 0.2) is 28.7 Å². The van der Waals surface area contributed by atoms with Gasteiger partial charge in [-0.3, -0.25) is 0 Å². The van der Waals surface area contributed by atoms with Gasteiger partial charge in [0.2, 0.25) is 0 Å². The third-order valence-corrected chi connectivity index (χ3v) is 2.77. The van der Waals surface area contributed by atoms with Crippen LogP contribution in [-0.2, 0) is 0 Å². The first-order valence-corrected chi connectivity index (χ1v) is 5.72. The number of hydrogen-bond donors (Lipinski definition) is 1. The lowest BCUT2D eigenvalue weighted by Crippen LogP contribution is -2.00. The highest BCUT2D eigenvalue weighted by atomic mass is 16.4. The molecular weight excluding hydrogens is 246 g/mol. The Hall–Kier alpha value is -2.63. The second kappa shape index (κ2) is 3.94. The molecule has 0 aliphatic carbocycles. The predicted molar refractivity (Wildman–Crippen MR) is 67.1 cm³/mol. The van der Waals surface area contributed by atoms with E-state index in [-0.39, 0.29) is 5.69 Å². The molecule has 3 rings (SSSR count). The summed E-state index contributed by atoms with van der Waals surface area (Å²) in [6, 6.07) is 6.92. The molecule has 0 aliphatic rings. The molecule has 0 atom stereocenters. The summed E-state index contributed by atoms with van der Waals surface area (Å²) in [4.78, 5) is 15.2. The van der Waals surface area contributed by atoms with Crippen LogP contribution in [0, 0.1) is 13.8 Å². The third kappa shape index (κ3) is 1.87. The number of nitrogens with zero attached hydrogens (tertiary/aromatic N) is 3. The fourth-order valence-corrected chi connectivity index (χ4v) is 1.95. The van der Waals surface area contributed by atoms with Crippen LogP contribution in [0.3, 0.4) is 0 Å². The van der Waals surface area contributed by atoms with Gasteiger partial charge < -0.3 is 9.52 Å². The molecule has 3 aromatic heterocycles. The van der Waals surface area contributed by atoms with E-state index in [9.17, 15) is 4.79 Å². The molecule has 3 aromatic rings. The van der Waals surface area contributed by atoms with Gasteiger partial charge in [0.1, 0.15) is 11.5 Å². The zero-order valence-corrected chi connectivity index (χ0v) is 10.4. The Bertz CT molecular complexity index is 786. The van der Waals surface area contributed by atoms with Crippen molar-refractivity contribution in [2.75, 3.05) is 0 Å². The minimum Gasteiger partial charge on any atom is -0.476 e. The zero-order valence-electron chi connectivity index (χ0n) is 10.4. The van der Waals surface area contributed by atoms with Gasteiger partial charge in [-0.1, -0.05) is 0 Å². The molecule has 1 N–H and O–H groups in total. The third-order valence-electron chi connectivity index (χ3n) is 2.77. The van der Waals surface area contributed by atoms with E-state index in [1.54, 1.807) is 0 Å². The van der Waals surface area contributed by atoms with Gasteiger partial charge in [-0.05, 0) is 32.0 Å². The second-order valence-corrected chi connectivity index (χ2v) is 4.30. The van der Waals surface area contributed by atoms with Gasteiger partial charge >= 0.3 is 5.97 Å².